The van der Waals surface area contributed by atoms with E-state index in [1.165, 1.54) is 10.7 Å². The van der Waals surface area contributed by atoms with Crippen LogP contribution in [0.2, 0.25) is 5.02 Å². The zero-order valence-electron chi connectivity index (χ0n) is 31.7. The van der Waals surface area contributed by atoms with E-state index in [1.807, 2.05) is 102 Å². The number of amides is 2. The number of alkyl halides is 3. The third kappa shape index (κ3) is 6.42. The molecular weight excluding hydrogens is 815 g/mol. The number of halogens is 6. The topological polar surface area (TPSA) is 114 Å². The number of aromatic nitrogens is 4. The molecule has 1 aliphatic heterocycles. The second-order valence-corrected chi connectivity index (χ2v) is 14.9. The maximum atomic E-state index is 14.8. The van der Waals surface area contributed by atoms with Gasteiger partial charge < -0.3 is 20.3 Å². The number of rotatable bonds is 8. The van der Waals surface area contributed by atoms with Crippen LogP contribution in [0.5, 0.6) is 0 Å². The molecule has 2 aromatic heterocycles. The molecule has 0 spiro atoms. The van der Waals surface area contributed by atoms with Gasteiger partial charge in [0, 0.05) is 40.3 Å². The number of aliphatic hydroxyl groups is 1. The number of hydrogen-bond donors (Lipinski definition) is 3. The van der Waals surface area contributed by atoms with Crippen molar-refractivity contribution in [2.75, 3.05) is 5.32 Å². The second-order valence-electron chi connectivity index (χ2n) is 14.5. The van der Waals surface area contributed by atoms with Crippen LogP contribution < -0.4 is 10.6 Å². The Bertz CT molecular complexity index is 2930. The molecule has 304 valence electrons. The van der Waals surface area contributed by atoms with Crippen LogP contribution in [0.15, 0.2) is 146 Å². The molecule has 3 heterocycles. The molecule has 0 radical (unpaired) electrons. The molecule has 8 aromatic rings. The minimum absolute atomic E-state index is 0.0338. The number of nitrogens with one attached hydrogen (secondary N) is 2. The Kier molecular flexibility index (Phi) is 9.37. The summed E-state index contributed by atoms with van der Waals surface area (Å²) in [5, 5.41) is 22.0. The lowest BCUT2D eigenvalue weighted by Gasteiger charge is -2.37. The second kappa shape index (κ2) is 14.5. The Hall–Kier alpha value is -7.16. The van der Waals surface area contributed by atoms with Gasteiger partial charge in [0.15, 0.2) is 5.72 Å². The van der Waals surface area contributed by atoms with Crippen LogP contribution in [0, 0.1) is 11.6 Å². The number of imidazole rings is 1. The summed E-state index contributed by atoms with van der Waals surface area (Å²) < 4.78 is 73.9. The summed E-state index contributed by atoms with van der Waals surface area (Å²) in [5.74, 6) is -4.26. The predicted molar refractivity (Wildman–Crippen MR) is 218 cm³/mol. The van der Waals surface area contributed by atoms with Crippen LogP contribution in [-0.2, 0) is 24.5 Å². The zero-order chi connectivity index (χ0) is 42.8. The number of carbonyl (C=O) groups is 2. The van der Waals surface area contributed by atoms with E-state index in [1.54, 1.807) is 13.4 Å². The molecule has 9 rings (SSSR count). The summed E-state index contributed by atoms with van der Waals surface area (Å²) in [6.45, 7) is 0. The van der Waals surface area contributed by atoms with Crippen molar-refractivity contribution in [2.45, 2.75) is 17.4 Å². The third-order valence-electron chi connectivity index (χ3n) is 10.9. The Morgan fingerprint density at radius 3 is 2.00 bits per heavy atom. The van der Waals surface area contributed by atoms with Crippen molar-refractivity contribution < 1.29 is 36.6 Å². The maximum Gasteiger partial charge on any atom is 0.416 e. The summed E-state index contributed by atoms with van der Waals surface area (Å²) in [6.07, 6.45) is -1.52. The molecule has 0 aliphatic carbocycles. The van der Waals surface area contributed by atoms with Crippen LogP contribution in [-0.4, -0.2) is 36.3 Å². The summed E-state index contributed by atoms with van der Waals surface area (Å²) in [6, 6.07) is 35.3. The molecule has 0 saturated heterocycles. The molecule has 0 bridgehead atoms. The quantitative estimate of drug-likeness (QED) is 0.104. The van der Waals surface area contributed by atoms with Crippen LogP contribution >= 0.6 is 11.6 Å². The van der Waals surface area contributed by atoms with E-state index < -0.39 is 52.0 Å². The highest BCUT2D eigenvalue weighted by molar-refractivity contribution is 6.31. The van der Waals surface area contributed by atoms with E-state index in [4.69, 9.17) is 16.6 Å². The fourth-order valence-electron chi connectivity index (χ4n) is 8.29. The van der Waals surface area contributed by atoms with E-state index >= 15 is 0 Å². The predicted octanol–water partition coefficient (Wildman–Crippen LogP) is 9.42. The molecule has 15 heteroatoms. The fraction of sp³-hybridized carbons (Fsp3) is 0.0870. The van der Waals surface area contributed by atoms with Gasteiger partial charge in [-0.25, -0.2) is 13.8 Å². The Labute approximate surface area is 348 Å². The van der Waals surface area contributed by atoms with Gasteiger partial charge in [0.1, 0.15) is 28.4 Å². The monoisotopic (exact) mass is 844 g/mol. The van der Waals surface area contributed by atoms with Gasteiger partial charge in [-0.05, 0) is 59.2 Å². The van der Waals surface area contributed by atoms with E-state index in [-0.39, 0.29) is 44.4 Å². The Morgan fingerprint density at radius 1 is 0.803 bits per heavy atom. The lowest BCUT2D eigenvalue weighted by atomic mass is 9.77. The average molecular weight is 845 g/mol. The SMILES string of the molecule is Cn1nc2c3c(c(NC(=O)c4cc(F)cc(C(F)(F)F)c4)cc2c1-c1cn(C(c2ccccc2)(c2ccccc2)c2ccccc2)cn1)C(O)(c1cc(F)ccc1Cl)NC3=O. The Balaban J connectivity index is 1.28. The minimum atomic E-state index is -4.99. The summed E-state index contributed by atoms with van der Waals surface area (Å²) in [7, 11) is 1.60. The normalized spacial score (nSPS) is 15.2. The molecular formula is C46H30ClF5N6O3. The molecule has 3 N–H and O–H groups in total. The number of nitrogens with zero attached hydrogens (tertiary/aromatic N) is 4. The summed E-state index contributed by atoms with van der Waals surface area (Å²) >= 11 is 6.47. The molecule has 1 unspecified atom stereocenters. The summed E-state index contributed by atoms with van der Waals surface area (Å²) in [5.41, 5.74) is -3.42. The fourth-order valence-corrected chi connectivity index (χ4v) is 8.54. The van der Waals surface area contributed by atoms with E-state index in [2.05, 4.69) is 15.7 Å². The first-order valence-electron chi connectivity index (χ1n) is 18.7. The maximum absolute atomic E-state index is 14.8. The van der Waals surface area contributed by atoms with Gasteiger partial charge in [-0.3, -0.25) is 14.3 Å². The van der Waals surface area contributed by atoms with Gasteiger partial charge in [-0.15, -0.1) is 0 Å². The highest BCUT2D eigenvalue weighted by Crippen LogP contribution is 2.48. The molecule has 2 amide bonds. The lowest BCUT2D eigenvalue weighted by molar-refractivity contribution is -0.137. The first-order chi connectivity index (χ1) is 29.2. The molecule has 61 heavy (non-hydrogen) atoms. The largest absolute Gasteiger partial charge is 0.416 e. The van der Waals surface area contributed by atoms with Gasteiger partial charge in [0.25, 0.3) is 11.8 Å². The van der Waals surface area contributed by atoms with Crippen LogP contribution in [0.3, 0.4) is 0 Å². The average Bonchev–Trinajstić information content (AvgIpc) is 3.93. The zero-order valence-corrected chi connectivity index (χ0v) is 32.4. The number of carbonyl (C=O) groups excluding carboxylic acids is 2. The van der Waals surface area contributed by atoms with Crippen molar-refractivity contribution >= 4 is 40.0 Å². The van der Waals surface area contributed by atoms with Gasteiger partial charge in [-0.2, -0.15) is 18.3 Å². The number of benzene rings is 6. The van der Waals surface area contributed by atoms with Gasteiger partial charge in [0.05, 0.1) is 28.8 Å². The molecule has 0 saturated carbocycles. The molecule has 6 aromatic carbocycles. The third-order valence-corrected chi connectivity index (χ3v) is 11.2. The van der Waals surface area contributed by atoms with E-state index in [0.29, 0.717) is 23.5 Å². The van der Waals surface area contributed by atoms with Crippen molar-refractivity contribution in [2.24, 2.45) is 7.05 Å². The van der Waals surface area contributed by atoms with Crippen LogP contribution in [0.1, 0.15) is 54.1 Å². The van der Waals surface area contributed by atoms with Crippen molar-refractivity contribution in [3.63, 3.8) is 0 Å². The molecule has 9 nitrogen and oxygen atoms in total. The van der Waals surface area contributed by atoms with Crippen molar-refractivity contribution in [3.8, 4) is 11.4 Å². The highest BCUT2D eigenvalue weighted by Gasteiger charge is 2.49. The Morgan fingerprint density at radius 2 is 1.41 bits per heavy atom. The number of fused-ring (bicyclic) bond motifs is 3. The number of anilines is 1. The molecule has 1 atom stereocenters. The van der Waals surface area contributed by atoms with Crippen LogP contribution in [0.25, 0.3) is 22.3 Å². The number of hydrogen-bond acceptors (Lipinski definition) is 5. The highest BCUT2D eigenvalue weighted by atomic mass is 35.5. The van der Waals surface area contributed by atoms with Gasteiger partial charge in [0.2, 0.25) is 0 Å². The van der Waals surface area contributed by atoms with E-state index in [9.17, 15) is 36.6 Å². The standard InChI is InChI=1S/C46H30ClF5N6O3/c1-57-41(37-24-58(25-53-37)44(27-11-5-2-6-12-27,28-13-7-3-8-14-28)29-15-9-4-10-16-29)33-23-36(54-42(59)26-19-30(46(50,51)52)21-32(49)20-26)39-38(40(33)56-57)43(60)55-45(39,61)34-22-31(48)17-18-35(34)47/h2-25,61H,1H3,(H,54,59)(H,55,60). The van der Waals surface area contributed by atoms with Gasteiger partial charge >= 0.3 is 6.18 Å². The van der Waals surface area contributed by atoms with Crippen molar-refractivity contribution in [3.05, 3.63) is 207 Å². The number of aryl methyl sites for hydroxylation is 1. The van der Waals surface area contributed by atoms with Crippen molar-refractivity contribution in [1.29, 1.82) is 0 Å². The van der Waals surface area contributed by atoms with Gasteiger partial charge in [-0.1, -0.05) is 103 Å². The molecule has 1 aliphatic rings. The van der Waals surface area contributed by atoms with Crippen LogP contribution in [0.4, 0.5) is 27.6 Å². The first-order valence-corrected chi connectivity index (χ1v) is 19.0. The first kappa shape index (κ1) is 39.3. The minimum Gasteiger partial charge on any atom is -0.363 e. The smallest absolute Gasteiger partial charge is 0.363 e. The van der Waals surface area contributed by atoms with Crippen molar-refractivity contribution in [1.82, 2.24) is 24.6 Å². The summed E-state index contributed by atoms with van der Waals surface area (Å²) in [4.78, 5) is 32.8. The molecule has 0 fully saturated rings. The lowest BCUT2D eigenvalue weighted by Crippen LogP contribution is -2.41. The van der Waals surface area contributed by atoms with E-state index in [0.717, 1.165) is 34.9 Å².